The van der Waals surface area contributed by atoms with Crippen LogP contribution in [0.3, 0.4) is 0 Å². The third kappa shape index (κ3) is 9.35. The molecule has 1 unspecified atom stereocenters. The molecule has 0 saturated carbocycles. The molecule has 3 heteroatoms. The lowest BCUT2D eigenvalue weighted by Gasteiger charge is -2.05. The number of aryl methyl sites for hydroxylation is 1. The Hall–Kier alpha value is -1.22. The summed E-state index contributed by atoms with van der Waals surface area (Å²) in [5, 5.41) is 27.9. The summed E-state index contributed by atoms with van der Waals surface area (Å²) < 4.78 is 0. The summed E-state index contributed by atoms with van der Waals surface area (Å²) in [4.78, 5) is 0. The van der Waals surface area contributed by atoms with Crippen LogP contribution in [0.5, 0.6) is 11.5 Å². The van der Waals surface area contributed by atoms with Crippen molar-refractivity contribution in [2.45, 2.75) is 77.2 Å². The fraction of sp³-hybridized carbons (Fsp3) is 0.667. The lowest BCUT2D eigenvalue weighted by Crippen LogP contribution is -1.98. The molecule has 21 heavy (non-hydrogen) atoms. The van der Waals surface area contributed by atoms with Crippen LogP contribution in [0.2, 0.25) is 0 Å². The molecular formula is C18H30O3. The second-order valence-corrected chi connectivity index (χ2v) is 6.07. The van der Waals surface area contributed by atoms with Gasteiger partial charge in [0.25, 0.3) is 0 Å². The molecule has 3 nitrogen and oxygen atoms in total. The molecule has 0 fully saturated rings. The van der Waals surface area contributed by atoms with Crippen LogP contribution in [0.4, 0.5) is 0 Å². The quantitative estimate of drug-likeness (QED) is 0.525. The largest absolute Gasteiger partial charge is 0.508 e. The number of phenolic OH excluding ortho intramolecular Hbond substituents is 2. The lowest BCUT2D eigenvalue weighted by atomic mass is 10.0. The Morgan fingerprint density at radius 2 is 1.24 bits per heavy atom. The third-order valence-corrected chi connectivity index (χ3v) is 3.80. The Morgan fingerprint density at radius 3 is 1.76 bits per heavy atom. The van der Waals surface area contributed by atoms with Gasteiger partial charge in [-0.2, -0.15) is 0 Å². The summed E-state index contributed by atoms with van der Waals surface area (Å²) in [7, 11) is 0. The Balaban J connectivity index is 1.95. The second kappa shape index (κ2) is 10.5. The third-order valence-electron chi connectivity index (χ3n) is 3.80. The number of aliphatic hydroxyl groups is 1. The maximum absolute atomic E-state index is 9.40. The molecule has 1 aromatic carbocycles. The van der Waals surface area contributed by atoms with Crippen molar-refractivity contribution < 1.29 is 15.3 Å². The summed E-state index contributed by atoms with van der Waals surface area (Å²) in [5.41, 5.74) is 1.01. The van der Waals surface area contributed by atoms with Gasteiger partial charge in [-0.3, -0.25) is 0 Å². The number of unbranched alkanes of at least 4 members (excludes halogenated alkanes) is 7. The van der Waals surface area contributed by atoms with Gasteiger partial charge in [0.2, 0.25) is 0 Å². The normalized spacial score (nSPS) is 12.5. The zero-order valence-corrected chi connectivity index (χ0v) is 13.2. The molecule has 1 atom stereocenters. The van der Waals surface area contributed by atoms with E-state index < -0.39 is 0 Å². The van der Waals surface area contributed by atoms with E-state index in [0.717, 1.165) is 31.2 Å². The molecule has 0 spiro atoms. The summed E-state index contributed by atoms with van der Waals surface area (Å²) in [6, 6.07) is 4.81. The molecule has 0 saturated heterocycles. The smallest absolute Gasteiger partial charge is 0.119 e. The van der Waals surface area contributed by atoms with Gasteiger partial charge in [-0.25, -0.2) is 0 Å². The van der Waals surface area contributed by atoms with E-state index in [9.17, 15) is 10.2 Å². The van der Waals surface area contributed by atoms with Gasteiger partial charge >= 0.3 is 0 Å². The van der Waals surface area contributed by atoms with E-state index in [1.54, 1.807) is 12.1 Å². The minimum absolute atomic E-state index is 0.141. The summed E-state index contributed by atoms with van der Waals surface area (Å²) in [5.74, 6) is 0.282. The minimum atomic E-state index is -0.151. The van der Waals surface area contributed by atoms with Gasteiger partial charge in [0.05, 0.1) is 6.10 Å². The lowest BCUT2D eigenvalue weighted by molar-refractivity contribution is 0.180. The van der Waals surface area contributed by atoms with Crippen molar-refractivity contribution in [3.8, 4) is 11.5 Å². The number of benzene rings is 1. The average Bonchev–Trinajstić information content (AvgIpc) is 2.39. The van der Waals surface area contributed by atoms with Gasteiger partial charge in [-0.15, -0.1) is 0 Å². The first-order valence-corrected chi connectivity index (χ1v) is 8.28. The fourth-order valence-corrected chi connectivity index (χ4v) is 2.63. The number of rotatable bonds is 11. The average molecular weight is 294 g/mol. The number of hydrogen-bond acceptors (Lipinski definition) is 3. The monoisotopic (exact) mass is 294 g/mol. The van der Waals surface area contributed by atoms with Crippen LogP contribution < -0.4 is 0 Å². The first-order chi connectivity index (χ1) is 10.1. The van der Waals surface area contributed by atoms with Gasteiger partial charge in [-0.1, -0.05) is 44.9 Å². The zero-order valence-electron chi connectivity index (χ0n) is 13.2. The van der Waals surface area contributed by atoms with Crippen molar-refractivity contribution >= 4 is 0 Å². The first kappa shape index (κ1) is 17.8. The minimum Gasteiger partial charge on any atom is -0.508 e. The Bertz CT molecular complexity index is 368. The van der Waals surface area contributed by atoms with Crippen LogP contribution in [-0.4, -0.2) is 21.4 Å². The van der Waals surface area contributed by atoms with E-state index in [2.05, 4.69) is 0 Å². The fourth-order valence-electron chi connectivity index (χ4n) is 2.63. The van der Waals surface area contributed by atoms with E-state index in [1.165, 1.54) is 44.6 Å². The van der Waals surface area contributed by atoms with Gasteiger partial charge in [0, 0.05) is 6.07 Å². The van der Waals surface area contributed by atoms with Crippen LogP contribution >= 0.6 is 0 Å². The molecule has 0 amide bonds. The molecule has 0 radical (unpaired) electrons. The summed E-state index contributed by atoms with van der Waals surface area (Å²) in [6.07, 6.45) is 11.4. The highest BCUT2D eigenvalue weighted by molar-refractivity contribution is 5.36. The Morgan fingerprint density at radius 1 is 0.762 bits per heavy atom. The van der Waals surface area contributed by atoms with Crippen molar-refractivity contribution in [3.05, 3.63) is 23.8 Å². The molecule has 3 N–H and O–H groups in total. The molecule has 120 valence electrons. The van der Waals surface area contributed by atoms with Crippen LogP contribution in [0, 0.1) is 0 Å². The molecule has 0 heterocycles. The van der Waals surface area contributed by atoms with Gasteiger partial charge in [-0.05, 0) is 43.9 Å². The highest BCUT2D eigenvalue weighted by Gasteiger charge is 2.00. The van der Waals surface area contributed by atoms with E-state index in [0.29, 0.717) is 0 Å². The van der Waals surface area contributed by atoms with E-state index in [4.69, 9.17) is 5.11 Å². The maximum atomic E-state index is 9.40. The number of phenols is 2. The van der Waals surface area contributed by atoms with Crippen molar-refractivity contribution in [3.63, 3.8) is 0 Å². The number of hydrogen-bond donors (Lipinski definition) is 3. The number of aromatic hydroxyl groups is 2. The van der Waals surface area contributed by atoms with Gasteiger partial charge in [0.1, 0.15) is 11.5 Å². The van der Waals surface area contributed by atoms with Crippen LogP contribution in [0.1, 0.15) is 70.3 Å². The second-order valence-electron chi connectivity index (χ2n) is 6.07. The van der Waals surface area contributed by atoms with Crippen LogP contribution in [0.15, 0.2) is 18.2 Å². The van der Waals surface area contributed by atoms with Crippen molar-refractivity contribution in [1.82, 2.24) is 0 Å². The summed E-state index contributed by atoms with van der Waals surface area (Å²) in [6.45, 7) is 1.85. The first-order valence-electron chi connectivity index (χ1n) is 8.28. The maximum Gasteiger partial charge on any atom is 0.119 e. The van der Waals surface area contributed by atoms with E-state index >= 15 is 0 Å². The molecule has 0 aliphatic heterocycles. The molecule has 0 aliphatic carbocycles. The molecule has 0 bridgehead atoms. The predicted molar refractivity (Wildman–Crippen MR) is 86.7 cm³/mol. The Kier molecular flexibility index (Phi) is 8.91. The number of aliphatic hydroxyl groups excluding tert-OH is 1. The van der Waals surface area contributed by atoms with Crippen molar-refractivity contribution in [2.24, 2.45) is 0 Å². The SMILES string of the molecule is CC(O)CCCCCCCCCCc1cc(O)cc(O)c1. The predicted octanol–water partition coefficient (Wildman–Crippen LogP) is 4.53. The van der Waals surface area contributed by atoms with Crippen LogP contribution in [0.25, 0.3) is 0 Å². The Labute approximate surface area is 128 Å². The zero-order chi connectivity index (χ0) is 15.5. The van der Waals surface area contributed by atoms with E-state index in [-0.39, 0.29) is 17.6 Å². The summed E-state index contributed by atoms with van der Waals surface area (Å²) >= 11 is 0. The van der Waals surface area contributed by atoms with E-state index in [1.807, 2.05) is 6.92 Å². The molecular weight excluding hydrogens is 264 g/mol. The van der Waals surface area contributed by atoms with Crippen molar-refractivity contribution in [2.75, 3.05) is 0 Å². The molecule has 1 aromatic rings. The molecule has 0 aliphatic rings. The molecule has 1 rings (SSSR count). The van der Waals surface area contributed by atoms with Gasteiger partial charge < -0.3 is 15.3 Å². The topological polar surface area (TPSA) is 60.7 Å². The highest BCUT2D eigenvalue weighted by atomic mass is 16.3. The van der Waals surface area contributed by atoms with Crippen LogP contribution in [-0.2, 0) is 6.42 Å². The molecule has 0 aromatic heterocycles. The van der Waals surface area contributed by atoms with Crippen molar-refractivity contribution in [1.29, 1.82) is 0 Å². The van der Waals surface area contributed by atoms with Gasteiger partial charge in [0.15, 0.2) is 0 Å². The highest BCUT2D eigenvalue weighted by Crippen LogP contribution is 2.22. The standard InChI is InChI=1S/C18H30O3/c1-15(19)10-8-6-4-2-3-5-7-9-11-16-12-17(20)14-18(21)13-16/h12-15,19-21H,2-11H2,1H3.